The Morgan fingerprint density at radius 1 is 0.897 bits per heavy atom. The van der Waals surface area contributed by atoms with E-state index in [1.807, 2.05) is 54.6 Å². The molecule has 29 heavy (non-hydrogen) atoms. The fourth-order valence-corrected chi connectivity index (χ4v) is 3.95. The van der Waals surface area contributed by atoms with E-state index >= 15 is 0 Å². The molecule has 150 valence electrons. The molecular weight excluding hydrogens is 408 g/mol. The SMILES string of the molecule is O=C(CNC(=O)CSC(c1ccccc1)c1ccc(Cl)cc1)NCc1ccco1. The minimum absolute atomic E-state index is 0.00741. The first-order chi connectivity index (χ1) is 14.1. The van der Waals surface area contributed by atoms with Crippen LogP contribution in [0.25, 0.3) is 0 Å². The number of rotatable bonds is 9. The summed E-state index contributed by atoms with van der Waals surface area (Å²) in [5.41, 5.74) is 2.17. The molecule has 2 N–H and O–H groups in total. The van der Waals surface area contributed by atoms with Gasteiger partial charge in [-0.05, 0) is 35.4 Å². The first kappa shape index (κ1) is 21.0. The third-order valence-corrected chi connectivity index (χ3v) is 5.70. The summed E-state index contributed by atoms with van der Waals surface area (Å²) in [6, 6.07) is 21.1. The normalized spacial score (nSPS) is 11.6. The van der Waals surface area contributed by atoms with E-state index in [-0.39, 0.29) is 29.4 Å². The standard InChI is InChI=1S/C22H21ClN2O3S/c23-18-10-8-17(9-11-18)22(16-5-2-1-3-6-16)29-15-21(27)25-14-20(26)24-13-19-7-4-12-28-19/h1-12,22H,13-15H2,(H,24,26)(H,25,27). The quantitative estimate of drug-likeness (QED) is 0.536. The van der Waals surface area contributed by atoms with Gasteiger partial charge in [-0.1, -0.05) is 54.1 Å². The molecule has 2 amide bonds. The number of furan rings is 1. The first-order valence-electron chi connectivity index (χ1n) is 9.09. The summed E-state index contributed by atoms with van der Waals surface area (Å²) in [7, 11) is 0. The van der Waals surface area contributed by atoms with Gasteiger partial charge in [0.15, 0.2) is 0 Å². The maximum atomic E-state index is 12.3. The number of benzene rings is 2. The highest BCUT2D eigenvalue weighted by Crippen LogP contribution is 2.35. The predicted octanol–water partition coefficient (Wildman–Crippen LogP) is 4.19. The monoisotopic (exact) mass is 428 g/mol. The van der Waals surface area contributed by atoms with Crippen LogP contribution >= 0.6 is 23.4 Å². The van der Waals surface area contributed by atoms with Crippen molar-refractivity contribution in [3.63, 3.8) is 0 Å². The van der Waals surface area contributed by atoms with Gasteiger partial charge in [-0.3, -0.25) is 9.59 Å². The number of nitrogens with one attached hydrogen (secondary N) is 2. The summed E-state index contributed by atoms with van der Waals surface area (Å²) in [5, 5.41) is 6.01. The van der Waals surface area contributed by atoms with Crippen LogP contribution in [0.1, 0.15) is 22.1 Å². The molecule has 0 spiro atoms. The second-order valence-corrected chi connectivity index (χ2v) is 7.82. The molecule has 1 unspecified atom stereocenters. The Hall–Kier alpha value is -2.70. The number of halogens is 1. The summed E-state index contributed by atoms with van der Waals surface area (Å²) >= 11 is 7.51. The lowest BCUT2D eigenvalue weighted by Crippen LogP contribution is -2.37. The third-order valence-electron chi connectivity index (χ3n) is 4.14. The van der Waals surface area contributed by atoms with Crippen molar-refractivity contribution in [2.24, 2.45) is 0 Å². The maximum Gasteiger partial charge on any atom is 0.239 e. The average Bonchev–Trinajstić information content (AvgIpc) is 3.26. The second kappa shape index (κ2) is 10.7. The number of hydrogen-bond donors (Lipinski definition) is 2. The summed E-state index contributed by atoms with van der Waals surface area (Å²) < 4.78 is 5.15. The molecule has 3 rings (SSSR count). The summed E-state index contributed by atoms with van der Waals surface area (Å²) in [6.07, 6.45) is 1.55. The molecule has 1 atom stereocenters. The molecule has 0 fully saturated rings. The van der Waals surface area contributed by atoms with Crippen molar-refractivity contribution in [1.29, 1.82) is 0 Å². The lowest BCUT2D eigenvalue weighted by Gasteiger charge is -2.17. The van der Waals surface area contributed by atoms with Crippen LogP contribution < -0.4 is 10.6 Å². The van der Waals surface area contributed by atoms with Crippen molar-refractivity contribution in [3.05, 3.63) is 94.9 Å². The highest BCUT2D eigenvalue weighted by Gasteiger charge is 2.17. The smallest absolute Gasteiger partial charge is 0.239 e. The van der Waals surface area contributed by atoms with Gasteiger partial charge in [-0.2, -0.15) is 0 Å². The molecule has 3 aromatic rings. The Morgan fingerprint density at radius 2 is 1.62 bits per heavy atom. The molecule has 1 aromatic heterocycles. The van der Waals surface area contributed by atoms with Crippen molar-refractivity contribution >= 4 is 35.2 Å². The van der Waals surface area contributed by atoms with Crippen LogP contribution in [0.2, 0.25) is 5.02 Å². The molecule has 5 nitrogen and oxygen atoms in total. The van der Waals surface area contributed by atoms with Crippen LogP contribution in [0.5, 0.6) is 0 Å². The second-order valence-electron chi connectivity index (χ2n) is 6.29. The Balaban J connectivity index is 1.51. The van der Waals surface area contributed by atoms with E-state index in [4.69, 9.17) is 16.0 Å². The maximum absolute atomic E-state index is 12.3. The Kier molecular flexibility index (Phi) is 7.78. The minimum Gasteiger partial charge on any atom is -0.467 e. The molecule has 0 bridgehead atoms. The van der Waals surface area contributed by atoms with Crippen LogP contribution in [0.15, 0.2) is 77.4 Å². The number of thioether (sulfide) groups is 1. The molecule has 0 saturated carbocycles. The van der Waals surface area contributed by atoms with Gasteiger partial charge in [-0.25, -0.2) is 0 Å². The topological polar surface area (TPSA) is 71.3 Å². The molecule has 0 aliphatic carbocycles. The van der Waals surface area contributed by atoms with Gasteiger partial charge in [0.2, 0.25) is 11.8 Å². The van der Waals surface area contributed by atoms with Gasteiger partial charge in [0, 0.05) is 5.02 Å². The molecule has 0 radical (unpaired) electrons. The summed E-state index contributed by atoms with van der Waals surface area (Å²) in [4.78, 5) is 24.1. The fourth-order valence-electron chi connectivity index (χ4n) is 2.70. The van der Waals surface area contributed by atoms with E-state index < -0.39 is 0 Å². The Labute approximate surface area is 178 Å². The van der Waals surface area contributed by atoms with E-state index in [2.05, 4.69) is 10.6 Å². The lowest BCUT2D eigenvalue weighted by atomic mass is 10.0. The van der Waals surface area contributed by atoms with Crippen molar-refractivity contribution in [3.8, 4) is 0 Å². The minimum atomic E-state index is -0.267. The molecule has 0 saturated heterocycles. The van der Waals surface area contributed by atoms with E-state index in [0.717, 1.165) is 11.1 Å². The molecule has 1 heterocycles. The largest absolute Gasteiger partial charge is 0.467 e. The number of carbonyl (C=O) groups excluding carboxylic acids is 2. The van der Waals surface area contributed by atoms with Crippen LogP contribution in [0, 0.1) is 0 Å². The van der Waals surface area contributed by atoms with E-state index in [1.165, 1.54) is 11.8 Å². The Morgan fingerprint density at radius 3 is 2.31 bits per heavy atom. The summed E-state index contributed by atoms with van der Waals surface area (Å²) in [5.74, 6) is 0.428. The lowest BCUT2D eigenvalue weighted by molar-refractivity contribution is -0.124. The highest BCUT2D eigenvalue weighted by molar-refractivity contribution is 8.00. The van der Waals surface area contributed by atoms with Crippen molar-refractivity contribution in [1.82, 2.24) is 10.6 Å². The van der Waals surface area contributed by atoms with Crippen molar-refractivity contribution in [2.75, 3.05) is 12.3 Å². The predicted molar refractivity (Wildman–Crippen MR) is 116 cm³/mol. The third kappa shape index (κ3) is 6.69. The van der Waals surface area contributed by atoms with Crippen LogP contribution in [-0.2, 0) is 16.1 Å². The number of hydrogen-bond acceptors (Lipinski definition) is 4. The van der Waals surface area contributed by atoms with Crippen LogP contribution in [0.3, 0.4) is 0 Å². The fraction of sp³-hybridized carbons (Fsp3) is 0.182. The molecule has 7 heteroatoms. The molecule has 0 aliphatic heterocycles. The molecule has 0 aliphatic rings. The van der Waals surface area contributed by atoms with Gasteiger partial charge in [0.05, 0.1) is 30.4 Å². The number of amides is 2. The number of carbonyl (C=O) groups is 2. The zero-order valence-corrected chi connectivity index (χ0v) is 17.2. The Bertz CT molecular complexity index is 915. The zero-order valence-electron chi connectivity index (χ0n) is 15.6. The van der Waals surface area contributed by atoms with Gasteiger partial charge in [-0.15, -0.1) is 11.8 Å². The highest BCUT2D eigenvalue weighted by atomic mass is 35.5. The van der Waals surface area contributed by atoms with E-state index in [1.54, 1.807) is 18.4 Å². The van der Waals surface area contributed by atoms with Crippen LogP contribution in [0.4, 0.5) is 0 Å². The van der Waals surface area contributed by atoms with Crippen molar-refractivity contribution < 1.29 is 14.0 Å². The van der Waals surface area contributed by atoms with Gasteiger partial charge in [0.1, 0.15) is 5.76 Å². The van der Waals surface area contributed by atoms with Gasteiger partial charge >= 0.3 is 0 Å². The van der Waals surface area contributed by atoms with Crippen molar-refractivity contribution in [2.45, 2.75) is 11.8 Å². The van der Waals surface area contributed by atoms with E-state index in [9.17, 15) is 9.59 Å². The van der Waals surface area contributed by atoms with Crippen LogP contribution in [-0.4, -0.2) is 24.1 Å². The van der Waals surface area contributed by atoms with E-state index in [0.29, 0.717) is 17.3 Å². The average molecular weight is 429 g/mol. The molecular formula is C22H21ClN2O3S. The zero-order chi connectivity index (χ0) is 20.5. The summed E-state index contributed by atoms with van der Waals surface area (Å²) in [6.45, 7) is 0.222. The first-order valence-corrected chi connectivity index (χ1v) is 10.5. The van der Waals surface area contributed by atoms with Gasteiger partial charge in [0.25, 0.3) is 0 Å². The van der Waals surface area contributed by atoms with Gasteiger partial charge < -0.3 is 15.1 Å². The molecule has 2 aromatic carbocycles.